The van der Waals surface area contributed by atoms with Crippen molar-refractivity contribution in [2.45, 2.75) is 43.8 Å². The number of piperidine rings is 1. The summed E-state index contributed by atoms with van der Waals surface area (Å²) in [5.41, 5.74) is -1.01. The van der Waals surface area contributed by atoms with Crippen LogP contribution < -0.4 is 5.32 Å². The minimum absolute atomic E-state index is 0.0882. The normalized spacial score (nSPS) is 16.4. The van der Waals surface area contributed by atoms with Gasteiger partial charge in [0, 0.05) is 44.5 Å². The number of alkyl halides is 3. The molecule has 2 aromatic rings. The van der Waals surface area contributed by atoms with Crippen molar-refractivity contribution in [1.29, 1.82) is 0 Å². The zero-order valence-corrected chi connectivity index (χ0v) is 17.9. The Bertz CT molecular complexity index is 1010. The molecule has 11 heteroatoms. The highest BCUT2D eigenvalue weighted by atomic mass is 32.2. The fraction of sp³-hybridized carbons (Fsp3) is 0.500. The first-order valence-electron chi connectivity index (χ1n) is 10.0. The third-order valence-corrected chi connectivity index (χ3v) is 7.32. The molecule has 1 aromatic carbocycles. The molecule has 0 saturated carbocycles. The summed E-state index contributed by atoms with van der Waals surface area (Å²) in [7, 11) is -4.05. The zero-order chi connectivity index (χ0) is 22.6. The van der Waals surface area contributed by atoms with Crippen LogP contribution in [0.4, 0.5) is 13.2 Å². The Labute approximate surface area is 179 Å². The molecule has 3 rings (SSSR count). The van der Waals surface area contributed by atoms with Crippen molar-refractivity contribution in [3.63, 3.8) is 0 Å². The molecule has 0 unspecified atom stereocenters. The number of sulfonamides is 1. The third kappa shape index (κ3) is 5.65. The number of halogens is 3. The molecular formula is C20H25F3N4O3S. The van der Waals surface area contributed by atoms with E-state index in [1.165, 1.54) is 0 Å². The van der Waals surface area contributed by atoms with Crippen LogP contribution in [0.25, 0.3) is 0 Å². The molecule has 0 atom stereocenters. The Morgan fingerprint density at radius 2 is 1.97 bits per heavy atom. The van der Waals surface area contributed by atoms with E-state index in [1.54, 1.807) is 6.20 Å². The van der Waals surface area contributed by atoms with Gasteiger partial charge in [-0.25, -0.2) is 13.4 Å². The first-order valence-corrected chi connectivity index (χ1v) is 11.5. The van der Waals surface area contributed by atoms with Gasteiger partial charge in [-0.05, 0) is 44.4 Å². The summed E-state index contributed by atoms with van der Waals surface area (Å²) in [4.78, 5) is 16.1. The van der Waals surface area contributed by atoms with E-state index in [-0.39, 0.29) is 29.8 Å². The minimum Gasteiger partial charge on any atom is -0.356 e. The predicted molar refractivity (Wildman–Crippen MR) is 108 cm³/mol. The summed E-state index contributed by atoms with van der Waals surface area (Å²) < 4.78 is 67.3. The molecule has 1 aliphatic rings. The highest BCUT2D eigenvalue weighted by Crippen LogP contribution is 2.32. The number of aromatic nitrogens is 2. The van der Waals surface area contributed by atoms with Gasteiger partial charge in [0.2, 0.25) is 15.9 Å². The van der Waals surface area contributed by atoms with Crippen LogP contribution in [0, 0.1) is 12.8 Å². The van der Waals surface area contributed by atoms with Crippen LogP contribution in [-0.4, -0.2) is 47.8 Å². The highest BCUT2D eigenvalue weighted by Gasteiger charge is 2.35. The van der Waals surface area contributed by atoms with Crippen molar-refractivity contribution >= 4 is 15.9 Å². The van der Waals surface area contributed by atoms with E-state index in [0.29, 0.717) is 25.5 Å². The molecule has 0 radical (unpaired) electrons. The second-order valence-electron chi connectivity index (χ2n) is 7.52. The van der Waals surface area contributed by atoms with E-state index in [9.17, 15) is 26.4 Å². The van der Waals surface area contributed by atoms with Gasteiger partial charge in [0.25, 0.3) is 0 Å². The van der Waals surface area contributed by atoms with Gasteiger partial charge >= 0.3 is 6.18 Å². The van der Waals surface area contributed by atoms with Crippen molar-refractivity contribution in [2.24, 2.45) is 5.92 Å². The first-order chi connectivity index (χ1) is 14.6. The summed E-state index contributed by atoms with van der Waals surface area (Å²) in [6, 6.07) is 3.73. The molecule has 0 aliphatic carbocycles. The highest BCUT2D eigenvalue weighted by molar-refractivity contribution is 7.89. The van der Waals surface area contributed by atoms with Crippen LogP contribution in [0.3, 0.4) is 0 Å². The van der Waals surface area contributed by atoms with Gasteiger partial charge in [0.05, 0.1) is 10.5 Å². The van der Waals surface area contributed by atoms with Crippen LogP contribution in [-0.2, 0) is 27.5 Å². The summed E-state index contributed by atoms with van der Waals surface area (Å²) >= 11 is 0. The average molecular weight is 459 g/mol. The van der Waals surface area contributed by atoms with E-state index in [2.05, 4.69) is 10.3 Å². The van der Waals surface area contributed by atoms with Crippen LogP contribution in [0.15, 0.2) is 41.6 Å². The van der Waals surface area contributed by atoms with E-state index in [4.69, 9.17) is 0 Å². The van der Waals surface area contributed by atoms with Gasteiger partial charge in [-0.15, -0.1) is 0 Å². The maximum absolute atomic E-state index is 12.9. The van der Waals surface area contributed by atoms with Crippen molar-refractivity contribution < 1.29 is 26.4 Å². The number of hydrogen-bond acceptors (Lipinski definition) is 4. The largest absolute Gasteiger partial charge is 0.416 e. The number of hydrogen-bond donors (Lipinski definition) is 1. The van der Waals surface area contributed by atoms with Crippen LogP contribution in [0.1, 0.15) is 30.7 Å². The van der Waals surface area contributed by atoms with E-state index in [1.807, 2.05) is 17.7 Å². The number of carbonyl (C=O) groups is 1. The Hall–Kier alpha value is -2.40. The molecule has 1 saturated heterocycles. The van der Waals surface area contributed by atoms with Gasteiger partial charge in [0.1, 0.15) is 5.82 Å². The third-order valence-electron chi connectivity index (χ3n) is 5.42. The lowest BCUT2D eigenvalue weighted by molar-refractivity contribution is -0.137. The van der Waals surface area contributed by atoms with Crippen molar-refractivity contribution in [3.05, 3.63) is 48.0 Å². The summed E-state index contributed by atoms with van der Waals surface area (Å²) in [6.45, 7) is 3.31. The number of nitrogens with zero attached hydrogens (tertiary/aromatic N) is 3. The molecule has 1 amide bonds. The molecule has 1 aliphatic heterocycles. The molecule has 0 bridgehead atoms. The molecule has 31 heavy (non-hydrogen) atoms. The average Bonchev–Trinajstić information content (AvgIpc) is 3.15. The Balaban J connectivity index is 1.50. The topological polar surface area (TPSA) is 84.3 Å². The van der Waals surface area contributed by atoms with Gasteiger partial charge < -0.3 is 9.88 Å². The van der Waals surface area contributed by atoms with Crippen molar-refractivity contribution in [3.8, 4) is 0 Å². The van der Waals surface area contributed by atoms with Gasteiger partial charge in [-0.2, -0.15) is 17.5 Å². The van der Waals surface area contributed by atoms with Gasteiger partial charge in [-0.1, -0.05) is 6.07 Å². The molecule has 1 N–H and O–H groups in total. The monoisotopic (exact) mass is 458 g/mol. The predicted octanol–water partition coefficient (Wildman–Crippen LogP) is 2.82. The Kier molecular flexibility index (Phi) is 7.05. The number of amides is 1. The number of imidazole rings is 1. The zero-order valence-electron chi connectivity index (χ0n) is 17.1. The summed E-state index contributed by atoms with van der Waals surface area (Å²) in [5.74, 6) is 0.460. The number of nitrogens with one attached hydrogen (secondary N) is 1. The van der Waals surface area contributed by atoms with Crippen molar-refractivity contribution in [1.82, 2.24) is 19.2 Å². The maximum atomic E-state index is 12.9. The second kappa shape index (κ2) is 9.39. The molecule has 1 aromatic heterocycles. The number of aryl methyl sites for hydroxylation is 2. The fourth-order valence-corrected chi connectivity index (χ4v) is 5.10. The second-order valence-corrected chi connectivity index (χ2v) is 9.45. The van der Waals surface area contributed by atoms with Crippen molar-refractivity contribution in [2.75, 3.05) is 19.6 Å². The lowest BCUT2D eigenvalue weighted by Crippen LogP contribution is -2.43. The first kappa shape index (κ1) is 23.3. The van der Waals surface area contributed by atoms with E-state index < -0.39 is 21.8 Å². The Morgan fingerprint density at radius 3 is 2.58 bits per heavy atom. The molecule has 2 heterocycles. The standard InChI is InChI=1S/C20H25F3N4O3S/c1-15-24-9-13-26(15)10-3-8-25-19(28)16-6-11-27(12-7-16)31(29,30)18-5-2-4-17(14-18)20(21,22)23/h2,4-5,9,13-14,16H,3,6-8,10-12H2,1H3,(H,25,28). The molecular weight excluding hydrogens is 433 g/mol. The number of benzene rings is 1. The molecule has 7 nitrogen and oxygen atoms in total. The maximum Gasteiger partial charge on any atom is 0.416 e. The molecule has 0 spiro atoms. The van der Waals surface area contributed by atoms with Crippen LogP contribution in [0.5, 0.6) is 0 Å². The molecule has 1 fully saturated rings. The van der Waals surface area contributed by atoms with Gasteiger partial charge in [-0.3, -0.25) is 4.79 Å². The van der Waals surface area contributed by atoms with Crippen LogP contribution in [0.2, 0.25) is 0 Å². The quantitative estimate of drug-likeness (QED) is 0.647. The number of carbonyl (C=O) groups excluding carboxylic acids is 1. The summed E-state index contributed by atoms with van der Waals surface area (Å²) in [6.07, 6.45) is 0.362. The smallest absolute Gasteiger partial charge is 0.356 e. The van der Waals surface area contributed by atoms with Crippen LogP contribution >= 0.6 is 0 Å². The molecule has 170 valence electrons. The van der Waals surface area contributed by atoms with E-state index in [0.717, 1.165) is 41.3 Å². The summed E-state index contributed by atoms with van der Waals surface area (Å²) in [5, 5.41) is 2.88. The lowest BCUT2D eigenvalue weighted by Gasteiger charge is -2.30. The lowest BCUT2D eigenvalue weighted by atomic mass is 9.97. The minimum atomic E-state index is -4.62. The van der Waals surface area contributed by atoms with Gasteiger partial charge in [0.15, 0.2) is 0 Å². The fourth-order valence-electron chi connectivity index (χ4n) is 3.59. The number of rotatable bonds is 7. The SMILES string of the molecule is Cc1nccn1CCCNC(=O)C1CCN(S(=O)(=O)c2cccc(C(F)(F)F)c2)CC1. The Morgan fingerprint density at radius 1 is 1.26 bits per heavy atom. The van der Waals surface area contributed by atoms with E-state index >= 15 is 0 Å².